The van der Waals surface area contributed by atoms with Gasteiger partial charge in [0.25, 0.3) is 15.9 Å². The molecule has 1 aliphatic heterocycles. The molecular formula is C23H20N2O5S. The van der Waals surface area contributed by atoms with Crippen LogP contribution in [0.4, 0.5) is 11.4 Å². The van der Waals surface area contributed by atoms with Crippen LogP contribution >= 0.6 is 0 Å². The Bertz CT molecular complexity index is 1270. The van der Waals surface area contributed by atoms with Crippen LogP contribution in [0, 0.1) is 0 Å². The predicted octanol–water partition coefficient (Wildman–Crippen LogP) is 3.78. The number of hydrogen-bond donors (Lipinski definition) is 2. The number of aromatic carboxylic acids is 1. The van der Waals surface area contributed by atoms with Gasteiger partial charge in [0.2, 0.25) is 0 Å². The lowest BCUT2D eigenvalue weighted by Crippen LogP contribution is -2.35. The second-order valence-corrected chi connectivity index (χ2v) is 9.00. The molecule has 7 nitrogen and oxygen atoms in total. The van der Waals surface area contributed by atoms with Crippen molar-refractivity contribution in [3.05, 3.63) is 89.5 Å². The number of sulfonamides is 1. The highest BCUT2D eigenvalue weighted by Crippen LogP contribution is 2.32. The van der Waals surface area contributed by atoms with Gasteiger partial charge in [-0.2, -0.15) is 0 Å². The monoisotopic (exact) mass is 436 g/mol. The fourth-order valence-electron chi connectivity index (χ4n) is 3.65. The number of hydrogen-bond acceptors (Lipinski definition) is 4. The molecule has 0 unspecified atom stereocenters. The smallest absolute Gasteiger partial charge is 0.337 e. The maximum atomic E-state index is 13.3. The van der Waals surface area contributed by atoms with E-state index in [0.29, 0.717) is 18.7 Å². The van der Waals surface area contributed by atoms with E-state index in [4.69, 9.17) is 0 Å². The average Bonchev–Trinajstić information content (AvgIpc) is 2.79. The minimum absolute atomic E-state index is 0.00312. The number of amides is 1. The van der Waals surface area contributed by atoms with Gasteiger partial charge in [-0.3, -0.25) is 9.10 Å². The first kappa shape index (κ1) is 20.6. The van der Waals surface area contributed by atoms with Crippen LogP contribution in [0.15, 0.2) is 77.7 Å². The maximum Gasteiger partial charge on any atom is 0.337 e. The molecule has 4 rings (SSSR count). The molecule has 8 heteroatoms. The van der Waals surface area contributed by atoms with E-state index in [2.05, 4.69) is 5.32 Å². The normalized spacial score (nSPS) is 13.4. The maximum absolute atomic E-state index is 13.3. The van der Waals surface area contributed by atoms with E-state index in [0.717, 1.165) is 12.0 Å². The summed E-state index contributed by atoms with van der Waals surface area (Å²) in [5.74, 6) is -1.76. The molecule has 0 aromatic heterocycles. The lowest BCUT2D eigenvalue weighted by atomic mass is 10.0. The quantitative estimate of drug-likeness (QED) is 0.634. The molecule has 0 spiro atoms. The van der Waals surface area contributed by atoms with E-state index in [9.17, 15) is 23.1 Å². The second-order valence-electron chi connectivity index (χ2n) is 7.14. The molecule has 3 aromatic rings. The molecule has 2 N–H and O–H groups in total. The van der Waals surface area contributed by atoms with Gasteiger partial charge in [-0.15, -0.1) is 0 Å². The van der Waals surface area contributed by atoms with Gasteiger partial charge in [-0.1, -0.05) is 36.4 Å². The van der Waals surface area contributed by atoms with Gasteiger partial charge < -0.3 is 10.4 Å². The SMILES string of the molecule is O=C(Nc1ccccc1C(=O)O)c1cccc(S(=O)(=O)N2CCCc3ccccc32)c1. The minimum Gasteiger partial charge on any atom is -0.478 e. The van der Waals surface area contributed by atoms with Crippen molar-refractivity contribution in [1.29, 1.82) is 0 Å². The zero-order valence-corrected chi connectivity index (χ0v) is 17.3. The first-order valence-corrected chi connectivity index (χ1v) is 11.2. The molecule has 0 aliphatic carbocycles. The summed E-state index contributed by atoms with van der Waals surface area (Å²) in [6.07, 6.45) is 1.52. The average molecular weight is 436 g/mol. The zero-order chi connectivity index (χ0) is 22.0. The van der Waals surface area contributed by atoms with E-state index in [1.807, 2.05) is 12.1 Å². The number of nitrogens with one attached hydrogen (secondary N) is 1. The van der Waals surface area contributed by atoms with Crippen LogP contribution in [-0.4, -0.2) is 31.9 Å². The molecule has 31 heavy (non-hydrogen) atoms. The number of benzene rings is 3. The Morgan fingerprint density at radius 3 is 2.48 bits per heavy atom. The fraction of sp³-hybridized carbons (Fsp3) is 0.130. The topological polar surface area (TPSA) is 104 Å². The number of fused-ring (bicyclic) bond motifs is 1. The molecule has 0 saturated heterocycles. The molecule has 1 aliphatic rings. The number of rotatable bonds is 5. The van der Waals surface area contributed by atoms with E-state index >= 15 is 0 Å². The molecule has 1 amide bonds. The zero-order valence-electron chi connectivity index (χ0n) is 16.5. The molecule has 3 aromatic carbocycles. The molecule has 0 atom stereocenters. The Labute approximate surface area is 180 Å². The molecule has 0 saturated carbocycles. The van der Waals surface area contributed by atoms with Crippen molar-refractivity contribution >= 4 is 33.3 Å². The van der Waals surface area contributed by atoms with Crippen molar-refractivity contribution in [2.45, 2.75) is 17.7 Å². The molecule has 0 fully saturated rings. The van der Waals surface area contributed by atoms with Crippen molar-refractivity contribution in [1.82, 2.24) is 0 Å². The van der Waals surface area contributed by atoms with E-state index in [1.165, 1.54) is 40.7 Å². The van der Waals surface area contributed by atoms with Crippen molar-refractivity contribution in [2.75, 3.05) is 16.2 Å². The second kappa shape index (κ2) is 8.23. The standard InChI is InChI=1S/C23H20N2O5S/c26-22(24-20-12-3-2-11-19(20)23(27)28)17-8-5-10-18(15-17)31(29,30)25-14-6-9-16-7-1-4-13-21(16)25/h1-5,7-8,10-13,15H,6,9,14H2,(H,24,26)(H,27,28). The molecular weight excluding hydrogens is 416 g/mol. The van der Waals surface area contributed by atoms with Gasteiger partial charge in [0.15, 0.2) is 0 Å². The van der Waals surface area contributed by atoms with Crippen LogP contribution in [-0.2, 0) is 16.4 Å². The molecule has 0 radical (unpaired) electrons. The van der Waals surface area contributed by atoms with Crippen LogP contribution in [0.3, 0.4) is 0 Å². The van der Waals surface area contributed by atoms with E-state index in [-0.39, 0.29) is 21.7 Å². The summed E-state index contributed by atoms with van der Waals surface area (Å²) in [5.41, 5.74) is 1.82. The fourth-order valence-corrected chi connectivity index (χ4v) is 5.23. The van der Waals surface area contributed by atoms with Crippen molar-refractivity contribution in [3.63, 3.8) is 0 Å². The lowest BCUT2D eigenvalue weighted by molar-refractivity contribution is 0.0698. The largest absolute Gasteiger partial charge is 0.478 e. The predicted molar refractivity (Wildman–Crippen MR) is 117 cm³/mol. The first-order chi connectivity index (χ1) is 14.9. The minimum atomic E-state index is -3.87. The highest BCUT2D eigenvalue weighted by molar-refractivity contribution is 7.92. The third-order valence-electron chi connectivity index (χ3n) is 5.16. The van der Waals surface area contributed by atoms with Gasteiger partial charge in [0.05, 0.1) is 21.8 Å². The number of carboxylic acids is 1. The van der Waals surface area contributed by atoms with Crippen LogP contribution < -0.4 is 9.62 Å². The molecule has 0 bridgehead atoms. The number of aryl methyl sites for hydroxylation is 1. The van der Waals surface area contributed by atoms with Crippen molar-refractivity contribution in [3.8, 4) is 0 Å². The Morgan fingerprint density at radius 1 is 0.935 bits per heavy atom. The Morgan fingerprint density at radius 2 is 1.68 bits per heavy atom. The van der Waals surface area contributed by atoms with Crippen LogP contribution in [0.5, 0.6) is 0 Å². The first-order valence-electron chi connectivity index (χ1n) is 9.72. The number of carboxylic acid groups (broad SMARTS) is 1. The van der Waals surface area contributed by atoms with Crippen molar-refractivity contribution < 1.29 is 23.1 Å². The summed E-state index contributed by atoms with van der Waals surface area (Å²) in [5, 5.41) is 11.8. The highest BCUT2D eigenvalue weighted by Gasteiger charge is 2.29. The number of anilines is 2. The van der Waals surface area contributed by atoms with Gasteiger partial charge in [-0.05, 0) is 54.8 Å². The summed E-state index contributed by atoms with van der Waals surface area (Å²) in [4.78, 5) is 24.1. The van der Waals surface area contributed by atoms with Crippen LogP contribution in [0.25, 0.3) is 0 Å². The Balaban J connectivity index is 1.65. The number of para-hydroxylation sites is 2. The van der Waals surface area contributed by atoms with Crippen molar-refractivity contribution in [2.24, 2.45) is 0 Å². The molecule has 1 heterocycles. The third-order valence-corrected chi connectivity index (χ3v) is 6.97. The summed E-state index contributed by atoms with van der Waals surface area (Å²) in [7, 11) is -3.87. The van der Waals surface area contributed by atoms with Crippen LogP contribution in [0.1, 0.15) is 32.7 Å². The summed E-state index contributed by atoms with van der Waals surface area (Å²) < 4.78 is 28.1. The van der Waals surface area contributed by atoms with Gasteiger partial charge >= 0.3 is 5.97 Å². The molecule has 158 valence electrons. The number of carbonyl (C=O) groups is 2. The summed E-state index contributed by atoms with van der Waals surface area (Å²) in [6, 6.07) is 19.2. The lowest BCUT2D eigenvalue weighted by Gasteiger charge is -2.30. The summed E-state index contributed by atoms with van der Waals surface area (Å²) >= 11 is 0. The third kappa shape index (κ3) is 4.02. The Kier molecular flexibility index (Phi) is 5.48. The van der Waals surface area contributed by atoms with E-state index < -0.39 is 21.9 Å². The van der Waals surface area contributed by atoms with Gasteiger partial charge in [-0.25, -0.2) is 13.2 Å². The summed E-state index contributed by atoms with van der Waals surface area (Å²) in [6.45, 7) is 0.363. The van der Waals surface area contributed by atoms with Gasteiger partial charge in [0.1, 0.15) is 0 Å². The Hall–Kier alpha value is -3.65. The van der Waals surface area contributed by atoms with E-state index in [1.54, 1.807) is 24.3 Å². The highest BCUT2D eigenvalue weighted by atomic mass is 32.2. The van der Waals surface area contributed by atoms with Crippen LogP contribution in [0.2, 0.25) is 0 Å². The number of carbonyl (C=O) groups excluding carboxylic acids is 1. The number of nitrogens with zero attached hydrogens (tertiary/aromatic N) is 1. The van der Waals surface area contributed by atoms with Gasteiger partial charge in [0, 0.05) is 12.1 Å².